The van der Waals surface area contributed by atoms with E-state index in [1.54, 1.807) is 11.3 Å². The fraction of sp³-hybridized carbons (Fsp3) is 0.615. The third-order valence-electron chi connectivity index (χ3n) is 2.93. The summed E-state index contributed by atoms with van der Waals surface area (Å²) in [5, 5.41) is 5.05. The van der Waals surface area contributed by atoms with Gasteiger partial charge in [-0.25, -0.2) is 0 Å². The standard InChI is InChI=1S/C13H22N2OS/c1-3-11-6-7-17-12(11)9-15-13(16)5-4-10(2)8-14/h6-7,10H,3-5,8-9,14H2,1-2H3,(H,15,16). The van der Waals surface area contributed by atoms with Gasteiger partial charge in [0.2, 0.25) is 5.91 Å². The predicted molar refractivity (Wildman–Crippen MR) is 73.0 cm³/mol. The molecule has 0 radical (unpaired) electrons. The minimum absolute atomic E-state index is 0.126. The highest BCUT2D eigenvalue weighted by Gasteiger charge is 2.07. The number of nitrogens with one attached hydrogen (secondary N) is 1. The summed E-state index contributed by atoms with van der Waals surface area (Å²) in [5.74, 6) is 0.550. The Balaban J connectivity index is 2.28. The lowest BCUT2D eigenvalue weighted by Crippen LogP contribution is -2.23. The summed E-state index contributed by atoms with van der Waals surface area (Å²) in [5.41, 5.74) is 6.86. The van der Waals surface area contributed by atoms with Crippen LogP contribution in [0.15, 0.2) is 11.4 Å². The van der Waals surface area contributed by atoms with Crippen molar-refractivity contribution >= 4 is 17.2 Å². The van der Waals surface area contributed by atoms with Gasteiger partial charge in [0.15, 0.2) is 0 Å². The van der Waals surface area contributed by atoms with Gasteiger partial charge in [0, 0.05) is 11.3 Å². The van der Waals surface area contributed by atoms with Crippen LogP contribution in [0, 0.1) is 5.92 Å². The molecule has 4 heteroatoms. The number of hydrogen-bond donors (Lipinski definition) is 2. The van der Waals surface area contributed by atoms with E-state index in [1.165, 1.54) is 10.4 Å². The molecule has 1 amide bonds. The quantitative estimate of drug-likeness (QED) is 0.784. The molecule has 0 aromatic carbocycles. The molecule has 3 nitrogen and oxygen atoms in total. The summed E-state index contributed by atoms with van der Waals surface area (Å²) in [6, 6.07) is 2.13. The summed E-state index contributed by atoms with van der Waals surface area (Å²) in [4.78, 5) is 12.9. The van der Waals surface area contributed by atoms with Crippen LogP contribution in [0.3, 0.4) is 0 Å². The van der Waals surface area contributed by atoms with E-state index in [2.05, 4.69) is 30.6 Å². The van der Waals surface area contributed by atoms with Crippen molar-refractivity contribution in [2.45, 2.75) is 39.7 Å². The van der Waals surface area contributed by atoms with E-state index < -0.39 is 0 Å². The second-order valence-corrected chi connectivity index (χ2v) is 5.38. The second kappa shape index (κ2) is 7.45. The number of rotatable bonds is 7. The summed E-state index contributed by atoms with van der Waals surface area (Å²) >= 11 is 1.71. The van der Waals surface area contributed by atoms with Crippen molar-refractivity contribution in [3.05, 3.63) is 21.9 Å². The molecule has 0 fully saturated rings. The molecule has 96 valence electrons. The van der Waals surface area contributed by atoms with E-state index in [0.29, 0.717) is 25.4 Å². The van der Waals surface area contributed by atoms with Gasteiger partial charge in [0.05, 0.1) is 6.54 Å². The molecule has 1 rings (SSSR count). The number of aryl methyl sites for hydroxylation is 1. The maximum Gasteiger partial charge on any atom is 0.220 e. The molecule has 0 aliphatic rings. The zero-order valence-corrected chi connectivity index (χ0v) is 11.5. The van der Waals surface area contributed by atoms with Crippen molar-refractivity contribution in [3.63, 3.8) is 0 Å². The molecule has 1 aromatic rings. The molecule has 17 heavy (non-hydrogen) atoms. The van der Waals surface area contributed by atoms with Gasteiger partial charge in [0.1, 0.15) is 0 Å². The largest absolute Gasteiger partial charge is 0.351 e. The normalized spacial score (nSPS) is 12.4. The molecule has 0 aliphatic heterocycles. The number of hydrogen-bond acceptors (Lipinski definition) is 3. The Hall–Kier alpha value is -0.870. The Labute approximate surface area is 107 Å². The monoisotopic (exact) mass is 254 g/mol. The van der Waals surface area contributed by atoms with Crippen molar-refractivity contribution in [2.24, 2.45) is 11.7 Å². The molecule has 0 saturated carbocycles. The van der Waals surface area contributed by atoms with Crippen molar-refractivity contribution in [1.82, 2.24) is 5.32 Å². The maximum absolute atomic E-state index is 11.6. The van der Waals surface area contributed by atoms with Crippen molar-refractivity contribution < 1.29 is 4.79 Å². The first-order valence-corrected chi connectivity index (χ1v) is 7.07. The summed E-state index contributed by atoms with van der Waals surface area (Å²) in [6.45, 7) is 5.52. The lowest BCUT2D eigenvalue weighted by atomic mass is 10.1. The predicted octanol–water partition coefficient (Wildman–Crippen LogP) is 2.30. The minimum Gasteiger partial charge on any atom is -0.351 e. The van der Waals surface area contributed by atoms with Crippen LogP contribution in [-0.2, 0) is 17.8 Å². The zero-order valence-electron chi connectivity index (χ0n) is 10.7. The summed E-state index contributed by atoms with van der Waals surface area (Å²) in [7, 11) is 0. The van der Waals surface area contributed by atoms with Crippen LogP contribution in [0.25, 0.3) is 0 Å². The van der Waals surface area contributed by atoms with Crippen LogP contribution >= 0.6 is 11.3 Å². The Kier molecular flexibility index (Phi) is 6.22. The van der Waals surface area contributed by atoms with Gasteiger partial charge >= 0.3 is 0 Å². The molecule has 3 N–H and O–H groups in total. The Morgan fingerprint density at radius 3 is 3.00 bits per heavy atom. The molecule has 0 spiro atoms. The fourth-order valence-corrected chi connectivity index (χ4v) is 2.52. The van der Waals surface area contributed by atoms with Crippen molar-refractivity contribution in [1.29, 1.82) is 0 Å². The Morgan fingerprint density at radius 2 is 2.35 bits per heavy atom. The van der Waals surface area contributed by atoms with Crippen LogP contribution in [0.5, 0.6) is 0 Å². The molecule has 1 atom stereocenters. The van der Waals surface area contributed by atoms with Gasteiger partial charge in [-0.15, -0.1) is 11.3 Å². The highest BCUT2D eigenvalue weighted by atomic mass is 32.1. The second-order valence-electron chi connectivity index (χ2n) is 4.38. The van der Waals surface area contributed by atoms with Crippen LogP contribution in [0.2, 0.25) is 0 Å². The van der Waals surface area contributed by atoms with E-state index in [4.69, 9.17) is 5.73 Å². The van der Waals surface area contributed by atoms with E-state index >= 15 is 0 Å². The highest BCUT2D eigenvalue weighted by molar-refractivity contribution is 7.10. The van der Waals surface area contributed by atoms with Gasteiger partial charge in [-0.1, -0.05) is 13.8 Å². The van der Waals surface area contributed by atoms with Gasteiger partial charge in [-0.05, 0) is 42.3 Å². The van der Waals surface area contributed by atoms with E-state index in [9.17, 15) is 4.79 Å². The van der Waals surface area contributed by atoms with Crippen molar-refractivity contribution in [3.8, 4) is 0 Å². The molecular formula is C13H22N2OS. The molecule has 0 bridgehead atoms. The van der Waals surface area contributed by atoms with E-state index in [-0.39, 0.29) is 5.91 Å². The van der Waals surface area contributed by atoms with E-state index in [0.717, 1.165) is 12.8 Å². The summed E-state index contributed by atoms with van der Waals surface area (Å²) in [6.07, 6.45) is 2.47. The fourth-order valence-electron chi connectivity index (χ4n) is 1.60. The molecule has 1 heterocycles. The lowest BCUT2D eigenvalue weighted by molar-refractivity contribution is -0.121. The molecule has 1 unspecified atom stereocenters. The first-order chi connectivity index (χ1) is 8.17. The number of nitrogens with two attached hydrogens (primary N) is 1. The third-order valence-corrected chi connectivity index (χ3v) is 3.89. The van der Waals surface area contributed by atoms with Crippen LogP contribution in [-0.4, -0.2) is 12.5 Å². The van der Waals surface area contributed by atoms with Crippen LogP contribution in [0.4, 0.5) is 0 Å². The Morgan fingerprint density at radius 1 is 1.59 bits per heavy atom. The highest BCUT2D eigenvalue weighted by Crippen LogP contribution is 2.17. The zero-order chi connectivity index (χ0) is 12.7. The molecule has 0 aliphatic carbocycles. The molecular weight excluding hydrogens is 232 g/mol. The maximum atomic E-state index is 11.6. The third kappa shape index (κ3) is 4.88. The van der Waals surface area contributed by atoms with Gasteiger partial charge < -0.3 is 11.1 Å². The number of carbonyl (C=O) groups is 1. The number of thiophene rings is 1. The average Bonchev–Trinajstić information content (AvgIpc) is 2.80. The van der Waals surface area contributed by atoms with Crippen LogP contribution in [0.1, 0.15) is 37.1 Å². The molecule has 0 saturated heterocycles. The summed E-state index contributed by atoms with van der Waals surface area (Å²) < 4.78 is 0. The smallest absolute Gasteiger partial charge is 0.220 e. The van der Waals surface area contributed by atoms with Gasteiger partial charge in [-0.2, -0.15) is 0 Å². The van der Waals surface area contributed by atoms with Gasteiger partial charge in [0.25, 0.3) is 0 Å². The first kappa shape index (κ1) is 14.2. The SMILES string of the molecule is CCc1ccsc1CNC(=O)CCC(C)CN. The average molecular weight is 254 g/mol. The first-order valence-electron chi connectivity index (χ1n) is 6.19. The molecule has 1 aromatic heterocycles. The number of carbonyl (C=O) groups excluding carboxylic acids is 1. The Bertz CT molecular complexity index is 349. The lowest BCUT2D eigenvalue weighted by Gasteiger charge is -2.08. The number of amides is 1. The van der Waals surface area contributed by atoms with Crippen LogP contribution < -0.4 is 11.1 Å². The van der Waals surface area contributed by atoms with E-state index in [1.807, 2.05) is 0 Å². The van der Waals surface area contributed by atoms with Crippen molar-refractivity contribution in [2.75, 3.05) is 6.54 Å². The minimum atomic E-state index is 0.126. The van der Waals surface area contributed by atoms with Gasteiger partial charge in [-0.3, -0.25) is 4.79 Å². The topological polar surface area (TPSA) is 55.1 Å².